The lowest BCUT2D eigenvalue weighted by Crippen LogP contribution is -3.13. The molecule has 1 aliphatic rings. The summed E-state index contributed by atoms with van der Waals surface area (Å²) in [5.74, 6) is -0.473. The van der Waals surface area contributed by atoms with Gasteiger partial charge in [-0.3, -0.25) is 4.79 Å². The van der Waals surface area contributed by atoms with Gasteiger partial charge in [0.1, 0.15) is 12.4 Å². The van der Waals surface area contributed by atoms with Gasteiger partial charge in [-0.15, -0.1) is 0 Å². The van der Waals surface area contributed by atoms with Crippen LogP contribution in [0.5, 0.6) is 0 Å². The molecule has 3 heteroatoms. The highest BCUT2D eigenvalue weighted by molar-refractivity contribution is 5.97. The quantitative estimate of drug-likeness (QED) is 0.759. The van der Waals surface area contributed by atoms with Crippen molar-refractivity contribution in [2.45, 2.75) is 19.3 Å². The maximum Gasteiger partial charge on any atom is 0.219 e. The predicted molar refractivity (Wildman–Crippen MR) is 60.1 cm³/mol. The van der Waals surface area contributed by atoms with Crippen molar-refractivity contribution < 1.29 is 14.1 Å². The van der Waals surface area contributed by atoms with Gasteiger partial charge in [0, 0.05) is 0 Å². The number of likely N-dealkylation sites (tertiary alicyclic amines) is 1. The van der Waals surface area contributed by atoms with E-state index in [9.17, 15) is 9.18 Å². The summed E-state index contributed by atoms with van der Waals surface area (Å²) in [6, 6.07) is 6.24. The first-order valence-electron chi connectivity index (χ1n) is 5.88. The van der Waals surface area contributed by atoms with E-state index in [-0.39, 0.29) is 11.3 Å². The molecule has 16 heavy (non-hydrogen) atoms. The highest BCUT2D eigenvalue weighted by Crippen LogP contribution is 2.06. The second-order valence-corrected chi connectivity index (χ2v) is 4.39. The van der Waals surface area contributed by atoms with E-state index in [1.807, 2.05) is 0 Å². The van der Waals surface area contributed by atoms with Crippen LogP contribution in [0.3, 0.4) is 0 Å². The summed E-state index contributed by atoms with van der Waals surface area (Å²) in [7, 11) is 0. The molecule has 1 aromatic rings. The monoisotopic (exact) mass is 222 g/mol. The summed E-state index contributed by atoms with van der Waals surface area (Å²) in [6.45, 7) is 2.52. The molecule has 0 amide bonds. The van der Waals surface area contributed by atoms with E-state index in [0.717, 1.165) is 13.1 Å². The van der Waals surface area contributed by atoms with Crippen LogP contribution in [0.2, 0.25) is 0 Å². The smallest absolute Gasteiger partial charge is 0.219 e. The minimum absolute atomic E-state index is 0.0741. The fourth-order valence-electron chi connectivity index (χ4n) is 2.24. The van der Waals surface area contributed by atoms with Crippen molar-refractivity contribution in [2.24, 2.45) is 0 Å². The SMILES string of the molecule is O=C(C[NH+]1CCCCC1)c1ccccc1F. The molecule has 1 heterocycles. The van der Waals surface area contributed by atoms with Crippen LogP contribution in [0.4, 0.5) is 4.39 Å². The van der Waals surface area contributed by atoms with Crippen LogP contribution < -0.4 is 4.90 Å². The molecule has 1 saturated heterocycles. The topological polar surface area (TPSA) is 21.5 Å². The minimum atomic E-state index is -0.399. The molecule has 0 radical (unpaired) electrons. The molecule has 1 N–H and O–H groups in total. The highest BCUT2D eigenvalue weighted by atomic mass is 19.1. The lowest BCUT2D eigenvalue weighted by atomic mass is 10.1. The Bertz CT molecular complexity index is 372. The summed E-state index contributed by atoms with van der Waals surface area (Å²) in [5.41, 5.74) is 0.237. The van der Waals surface area contributed by atoms with E-state index in [0.29, 0.717) is 6.54 Å². The first-order chi connectivity index (χ1) is 7.77. The van der Waals surface area contributed by atoms with Gasteiger partial charge in [-0.1, -0.05) is 12.1 Å². The molecule has 0 atom stereocenters. The van der Waals surface area contributed by atoms with Crippen molar-refractivity contribution in [1.29, 1.82) is 0 Å². The Morgan fingerprint density at radius 1 is 1.19 bits per heavy atom. The van der Waals surface area contributed by atoms with Crippen molar-refractivity contribution in [1.82, 2.24) is 0 Å². The van der Waals surface area contributed by atoms with E-state index < -0.39 is 5.82 Å². The van der Waals surface area contributed by atoms with Gasteiger partial charge in [-0.2, -0.15) is 0 Å². The fraction of sp³-hybridized carbons (Fsp3) is 0.462. The van der Waals surface area contributed by atoms with Gasteiger partial charge >= 0.3 is 0 Å². The number of carbonyl (C=O) groups is 1. The summed E-state index contributed by atoms with van der Waals surface area (Å²) in [5, 5.41) is 0. The number of hydrogen-bond donors (Lipinski definition) is 1. The van der Waals surface area contributed by atoms with Gasteiger partial charge in [0.2, 0.25) is 5.78 Å². The molecule has 1 fully saturated rings. The molecule has 1 aliphatic heterocycles. The van der Waals surface area contributed by atoms with Crippen molar-refractivity contribution in [3.63, 3.8) is 0 Å². The Hall–Kier alpha value is -1.22. The van der Waals surface area contributed by atoms with E-state index in [4.69, 9.17) is 0 Å². The van der Waals surface area contributed by atoms with Crippen molar-refractivity contribution in [3.8, 4) is 0 Å². The third-order valence-electron chi connectivity index (χ3n) is 3.15. The number of carbonyl (C=O) groups excluding carboxylic acids is 1. The van der Waals surface area contributed by atoms with Gasteiger partial charge < -0.3 is 4.90 Å². The molecule has 2 rings (SSSR count). The average Bonchev–Trinajstić information content (AvgIpc) is 2.31. The number of benzene rings is 1. The zero-order chi connectivity index (χ0) is 11.4. The lowest BCUT2D eigenvalue weighted by Gasteiger charge is -2.22. The first-order valence-corrected chi connectivity index (χ1v) is 5.88. The molecule has 0 aromatic heterocycles. The second-order valence-electron chi connectivity index (χ2n) is 4.39. The van der Waals surface area contributed by atoms with E-state index in [1.54, 1.807) is 18.2 Å². The molecule has 0 saturated carbocycles. The predicted octanol–water partition coefficient (Wildman–Crippen LogP) is 1.08. The Morgan fingerprint density at radius 3 is 2.56 bits per heavy atom. The molecule has 0 unspecified atom stereocenters. The third-order valence-corrected chi connectivity index (χ3v) is 3.15. The first kappa shape index (κ1) is 11.3. The van der Waals surface area contributed by atoms with Gasteiger partial charge in [-0.25, -0.2) is 4.39 Å². The maximum atomic E-state index is 13.4. The highest BCUT2D eigenvalue weighted by Gasteiger charge is 2.20. The minimum Gasteiger partial charge on any atom is -0.328 e. The van der Waals surface area contributed by atoms with Gasteiger partial charge in [0.05, 0.1) is 18.7 Å². The Kier molecular flexibility index (Phi) is 3.67. The van der Waals surface area contributed by atoms with Crippen LogP contribution in [-0.4, -0.2) is 25.4 Å². The van der Waals surface area contributed by atoms with E-state index in [2.05, 4.69) is 0 Å². The van der Waals surface area contributed by atoms with Crippen molar-refractivity contribution in [2.75, 3.05) is 19.6 Å². The van der Waals surface area contributed by atoms with Crippen LogP contribution in [0, 0.1) is 5.82 Å². The molecular weight excluding hydrogens is 205 g/mol. The molecule has 0 bridgehead atoms. The molecular formula is C13H17FNO+. The van der Waals surface area contributed by atoms with Gasteiger partial charge in [-0.05, 0) is 31.4 Å². The van der Waals surface area contributed by atoms with Gasteiger partial charge in [0.15, 0.2) is 0 Å². The summed E-state index contributed by atoms with van der Waals surface area (Å²) < 4.78 is 13.4. The van der Waals surface area contributed by atoms with Crippen LogP contribution in [0.25, 0.3) is 0 Å². The molecule has 1 aromatic carbocycles. The Labute approximate surface area is 95.1 Å². The number of hydrogen-bond acceptors (Lipinski definition) is 1. The lowest BCUT2D eigenvalue weighted by molar-refractivity contribution is -0.896. The van der Waals surface area contributed by atoms with Crippen molar-refractivity contribution in [3.05, 3.63) is 35.6 Å². The number of piperidine rings is 1. The summed E-state index contributed by atoms with van der Waals surface area (Å²) in [4.78, 5) is 13.2. The number of Topliss-reactive ketones (excluding diaryl/α,β-unsaturated/α-hetero) is 1. The molecule has 0 aliphatic carbocycles. The molecule has 0 spiro atoms. The number of rotatable bonds is 3. The van der Waals surface area contributed by atoms with E-state index in [1.165, 1.54) is 30.2 Å². The van der Waals surface area contributed by atoms with Crippen LogP contribution >= 0.6 is 0 Å². The van der Waals surface area contributed by atoms with Gasteiger partial charge in [0.25, 0.3) is 0 Å². The largest absolute Gasteiger partial charge is 0.328 e. The zero-order valence-corrected chi connectivity index (χ0v) is 9.34. The second kappa shape index (κ2) is 5.21. The maximum absolute atomic E-state index is 13.4. The van der Waals surface area contributed by atoms with Crippen LogP contribution in [0.15, 0.2) is 24.3 Å². The van der Waals surface area contributed by atoms with Crippen molar-refractivity contribution >= 4 is 5.78 Å². The summed E-state index contributed by atoms with van der Waals surface area (Å²) >= 11 is 0. The standard InChI is InChI=1S/C13H16FNO/c14-12-7-3-2-6-11(12)13(16)10-15-8-4-1-5-9-15/h2-3,6-7H,1,4-5,8-10H2/p+1. The van der Waals surface area contributed by atoms with Crippen LogP contribution in [-0.2, 0) is 0 Å². The molecule has 2 nitrogen and oxygen atoms in total. The van der Waals surface area contributed by atoms with E-state index >= 15 is 0 Å². The average molecular weight is 222 g/mol. The Balaban J connectivity index is 2.00. The number of ketones is 1. The summed E-state index contributed by atoms with van der Waals surface area (Å²) in [6.07, 6.45) is 3.62. The normalized spacial score (nSPS) is 17.3. The molecule has 86 valence electrons. The van der Waals surface area contributed by atoms with Crippen LogP contribution in [0.1, 0.15) is 29.6 Å². The number of nitrogens with one attached hydrogen (secondary N) is 1. The third kappa shape index (κ3) is 2.67. The number of halogens is 1. The Morgan fingerprint density at radius 2 is 1.88 bits per heavy atom. The fourth-order valence-corrected chi connectivity index (χ4v) is 2.24. The zero-order valence-electron chi connectivity index (χ0n) is 9.34. The number of quaternary nitrogens is 1.